The molecule has 0 aromatic heterocycles. The van der Waals surface area contributed by atoms with Crippen molar-refractivity contribution in [1.82, 2.24) is 0 Å². The van der Waals surface area contributed by atoms with Crippen molar-refractivity contribution < 1.29 is 9.53 Å². The zero-order valence-electron chi connectivity index (χ0n) is 15.2. The molecule has 0 N–H and O–H groups in total. The lowest BCUT2D eigenvalue weighted by Gasteiger charge is -2.56. The van der Waals surface area contributed by atoms with E-state index in [2.05, 4.69) is 30.9 Å². The minimum Gasteiger partial charge on any atom is -0.436 e. The maximum Gasteiger partial charge on any atom is 0.385 e. The summed E-state index contributed by atoms with van der Waals surface area (Å²) in [5.74, 6) is 8.20. The van der Waals surface area contributed by atoms with Crippen LogP contribution in [-0.4, -0.2) is 11.6 Å². The van der Waals surface area contributed by atoms with Crippen molar-refractivity contribution in [2.75, 3.05) is 0 Å². The van der Waals surface area contributed by atoms with Gasteiger partial charge in [-0.3, -0.25) is 0 Å². The van der Waals surface area contributed by atoms with E-state index in [0.717, 1.165) is 42.9 Å². The molecule has 3 saturated carbocycles. The summed E-state index contributed by atoms with van der Waals surface area (Å²) in [6.07, 6.45) is 25.2. The number of ether oxygens (including phenoxy) is 1. The van der Waals surface area contributed by atoms with Crippen LogP contribution in [-0.2, 0) is 9.53 Å². The summed E-state index contributed by atoms with van der Waals surface area (Å²) in [5, 5.41) is 0. The molecule has 0 amide bonds. The van der Waals surface area contributed by atoms with E-state index < -0.39 is 11.6 Å². The van der Waals surface area contributed by atoms with Gasteiger partial charge >= 0.3 is 5.97 Å². The molecule has 0 aromatic carbocycles. The molecule has 25 heavy (non-hydrogen) atoms. The van der Waals surface area contributed by atoms with Gasteiger partial charge in [-0.25, -0.2) is 4.79 Å². The normalized spacial score (nSPS) is 47.6. The van der Waals surface area contributed by atoms with E-state index >= 15 is 0 Å². The summed E-state index contributed by atoms with van der Waals surface area (Å²) in [4.78, 5) is 11.9. The first kappa shape index (κ1) is 16.8. The maximum absolute atomic E-state index is 11.9. The van der Waals surface area contributed by atoms with Crippen LogP contribution in [0.5, 0.6) is 0 Å². The third-order valence-electron chi connectivity index (χ3n) is 8.27. The van der Waals surface area contributed by atoms with Gasteiger partial charge in [0, 0.05) is 11.3 Å². The third kappa shape index (κ3) is 2.30. The Morgan fingerprint density at radius 3 is 2.60 bits per heavy atom. The molecule has 0 spiro atoms. The molecular weight excluding hydrogens is 308 g/mol. The fourth-order valence-electron chi connectivity index (χ4n) is 7.04. The van der Waals surface area contributed by atoms with E-state index in [1.54, 1.807) is 0 Å². The van der Waals surface area contributed by atoms with Gasteiger partial charge < -0.3 is 4.74 Å². The van der Waals surface area contributed by atoms with Gasteiger partial charge in [-0.15, -0.1) is 12.8 Å². The first-order chi connectivity index (χ1) is 12.0. The van der Waals surface area contributed by atoms with Crippen LogP contribution in [0, 0.1) is 59.7 Å². The molecule has 4 aliphatic rings. The van der Waals surface area contributed by atoms with Crippen LogP contribution in [0.3, 0.4) is 0 Å². The van der Waals surface area contributed by atoms with Crippen molar-refractivity contribution in [1.29, 1.82) is 0 Å². The van der Waals surface area contributed by atoms with Gasteiger partial charge in [-0.2, -0.15) is 0 Å². The highest BCUT2D eigenvalue weighted by Gasteiger charge is 2.64. The molecule has 3 fully saturated rings. The molecule has 2 nitrogen and oxygen atoms in total. The molecule has 4 aliphatic carbocycles. The molecule has 132 valence electrons. The Labute approximate surface area is 151 Å². The van der Waals surface area contributed by atoms with Gasteiger partial charge in [-0.05, 0) is 81.0 Å². The quantitative estimate of drug-likeness (QED) is 0.308. The Bertz CT molecular complexity index is 677. The van der Waals surface area contributed by atoms with E-state index in [4.69, 9.17) is 17.6 Å². The molecular formula is C23H28O2. The number of rotatable bonds is 1. The lowest BCUT2D eigenvalue weighted by atomic mass is 9.49. The fraction of sp³-hybridized carbons (Fsp3) is 0.696. The van der Waals surface area contributed by atoms with Crippen LogP contribution in [0.15, 0.2) is 12.2 Å². The monoisotopic (exact) mass is 336 g/mol. The first-order valence-electron chi connectivity index (χ1n) is 9.87. The van der Waals surface area contributed by atoms with Crippen LogP contribution in [0.4, 0.5) is 0 Å². The van der Waals surface area contributed by atoms with Crippen LogP contribution < -0.4 is 0 Å². The summed E-state index contributed by atoms with van der Waals surface area (Å²) < 4.78 is 5.73. The largest absolute Gasteiger partial charge is 0.436 e. The zero-order valence-corrected chi connectivity index (χ0v) is 15.2. The molecule has 0 saturated heterocycles. The van der Waals surface area contributed by atoms with Crippen LogP contribution in [0.2, 0.25) is 0 Å². The molecule has 0 radical (unpaired) electrons. The van der Waals surface area contributed by atoms with Crippen molar-refractivity contribution in [3.63, 3.8) is 0 Å². The molecule has 0 aliphatic heterocycles. The summed E-state index contributed by atoms with van der Waals surface area (Å²) in [6.45, 7) is 2.26. The SMILES string of the molecule is C#CC(=O)O[C@@]1(C#C)CC[C@H]2[C@@H]3CCC4CC=CC[C@@H]4[C@H]3CC[C@@]21C. The van der Waals surface area contributed by atoms with Crippen molar-refractivity contribution in [3.8, 4) is 24.7 Å². The summed E-state index contributed by atoms with van der Waals surface area (Å²) >= 11 is 0. The molecule has 0 bridgehead atoms. The Kier molecular flexibility index (Phi) is 3.99. The number of carbonyl (C=O) groups is 1. The average Bonchev–Trinajstić information content (AvgIpc) is 2.94. The van der Waals surface area contributed by atoms with E-state index in [9.17, 15) is 4.79 Å². The van der Waals surface area contributed by atoms with Gasteiger partial charge in [0.1, 0.15) is 0 Å². The number of hydrogen-bond acceptors (Lipinski definition) is 2. The Morgan fingerprint density at radius 1 is 1.04 bits per heavy atom. The van der Waals surface area contributed by atoms with Crippen LogP contribution in [0.1, 0.15) is 58.3 Å². The summed E-state index contributed by atoms with van der Waals surface area (Å²) in [6, 6.07) is 0. The Hall–Kier alpha value is -1.67. The van der Waals surface area contributed by atoms with Crippen molar-refractivity contribution in [2.45, 2.75) is 63.9 Å². The molecule has 7 atom stereocenters. The van der Waals surface area contributed by atoms with Crippen molar-refractivity contribution in [2.24, 2.45) is 35.0 Å². The Balaban J connectivity index is 1.63. The topological polar surface area (TPSA) is 26.3 Å². The fourth-order valence-corrected chi connectivity index (χ4v) is 7.04. The van der Waals surface area contributed by atoms with E-state index in [1.165, 1.54) is 32.1 Å². The van der Waals surface area contributed by atoms with Crippen molar-refractivity contribution in [3.05, 3.63) is 12.2 Å². The average molecular weight is 336 g/mol. The van der Waals surface area contributed by atoms with Crippen molar-refractivity contribution >= 4 is 5.97 Å². The molecule has 0 aromatic rings. The highest BCUT2D eigenvalue weighted by Crippen LogP contribution is 2.65. The minimum atomic E-state index is -0.810. The summed E-state index contributed by atoms with van der Waals surface area (Å²) in [5.41, 5.74) is -0.942. The number of fused-ring (bicyclic) bond motifs is 5. The Morgan fingerprint density at radius 2 is 1.84 bits per heavy atom. The van der Waals surface area contributed by atoms with E-state index in [-0.39, 0.29) is 5.41 Å². The van der Waals surface area contributed by atoms with E-state index in [1.807, 2.05) is 0 Å². The predicted molar refractivity (Wildman–Crippen MR) is 98.1 cm³/mol. The van der Waals surface area contributed by atoms with Gasteiger partial charge in [0.2, 0.25) is 0 Å². The van der Waals surface area contributed by atoms with Crippen LogP contribution in [0.25, 0.3) is 0 Å². The first-order valence-corrected chi connectivity index (χ1v) is 9.87. The molecule has 4 rings (SSSR count). The van der Waals surface area contributed by atoms with Gasteiger partial charge in [0.25, 0.3) is 0 Å². The lowest BCUT2D eigenvalue weighted by molar-refractivity contribution is -0.164. The predicted octanol–water partition coefficient (Wildman–Crippen LogP) is 4.35. The van der Waals surface area contributed by atoms with Gasteiger partial charge in [-0.1, -0.05) is 25.0 Å². The number of esters is 1. The highest BCUT2D eigenvalue weighted by molar-refractivity contribution is 5.88. The second kappa shape index (κ2) is 5.95. The molecule has 1 unspecified atom stereocenters. The summed E-state index contributed by atoms with van der Waals surface area (Å²) in [7, 11) is 0. The zero-order chi connectivity index (χ0) is 17.7. The maximum atomic E-state index is 11.9. The lowest BCUT2D eigenvalue weighted by Crippen LogP contribution is -2.54. The number of carbonyl (C=O) groups excluding carboxylic acids is 1. The second-order valence-electron chi connectivity index (χ2n) is 8.88. The molecule has 0 heterocycles. The third-order valence-corrected chi connectivity index (χ3v) is 8.27. The van der Waals surface area contributed by atoms with Gasteiger partial charge in [0.15, 0.2) is 5.60 Å². The number of hydrogen-bond donors (Lipinski definition) is 0. The second-order valence-corrected chi connectivity index (χ2v) is 8.88. The highest BCUT2D eigenvalue weighted by atomic mass is 16.6. The van der Waals surface area contributed by atoms with Gasteiger partial charge in [0.05, 0.1) is 0 Å². The number of allylic oxidation sites excluding steroid dienone is 2. The number of terminal acetylenes is 2. The minimum absolute atomic E-state index is 0.132. The molecule has 2 heteroatoms. The van der Waals surface area contributed by atoms with Crippen LogP contribution >= 0.6 is 0 Å². The van der Waals surface area contributed by atoms with E-state index in [0.29, 0.717) is 5.92 Å². The standard InChI is InChI=1S/C23H28O2/c1-4-21(24)25-23(5-2)15-13-20-19-11-10-16-8-6-7-9-17(16)18(19)12-14-22(20,23)3/h1-2,6-7,16-20H,8-15H2,3H3/t16?,17-,18+,19+,20-,22-,23-/m0/s1. The smallest absolute Gasteiger partial charge is 0.385 e.